The van der Waals surface area contributed by atoms with Crippen LogP contribution in [0.15, 0.2) is 29.0 Å². The number of hydrogen-bond donors (Lipinski definition) is 2. The standard InChI is InChI=1S/C12H12BrClN4O/c1-15-11-10(13)12(17-6-16-11)18-8-5-7(14)3-4-9(8)19-2/h3-6H,1-2H3,(H2,15,16,17,18). The highest BCUT2D eigenvalue weighted by Gasteiger charge is 2.10. The van der Waals surface area contributed by atoms with Crippen LogP contribution in [0.1, 0.15) is 0 Å². The lowest BCUT2D eigenvalue weighted by Crippen LogP contribution is -2.01. The molecule has 2 N–H and O–H groups in total. The number of anilines is 3. The molecule has 0 aliphatic rings. The maximum absolute atomic E-state index is 5.99. The maximum Gasteiger partial charge on any atom is 0.150 e. The van der Waals surface area contributed by atoms with Crippen LogP contribution in [0.4, 0.5) is 17.3 Å². The lowest BCUT2D eigenvalue weighted by atomic mass is 10.3. The first-order valence-corrected chi connectivity index (χ1v) is 6.61. The summed E-state index contributed by atoms with van der Waals surface area (Å²) in [4.78, 5) is 8.27. The molecular weight excluding hydrogens is 332 g/mol. The fourth-order valence-corrected chi connectivity index (χ4v) is 2.21. The van der Waals surface area contributed by atoms with Crippen molar-refractivity contribution in [3.63, 3.8) is 0 Å². The van der Waals surface area contributed by atoms with Gasteiger partial charge in [-0.2, -0.15) is 0 Å². The van der Waals surface area contributed by atoms with E-state index in [-0.39, 0.29) is 0 Å². The zero-order valence-corrected chi connectivity index (χ0v) is 12.7. The molecule has 100 valence electrons. The third kappa shape index (κ3) is 3.08. The molecule has 2 rings (SSSR count). The summed E-state index contributed by atoms with van der Waals surface area (Å²) in [6.45, 7) is 0. The van der Waals surface area contributed by atoms with Crippen molar-refractivity contribution in [1.29, 1.82) is 0 Å². The monoisotopic (exact) mass is 342 g/mol. The summed E-state index contributed by atoms with van der Waals surface area (Å²) >= 11 is 9.43. The largest absolute Gasteiger partial charge is 0.495 e. The number of rotatable bonds is 4. The van der Waals surface area contributed by atoms with Gasteiger partial charge in [0.25, 0.3) is 0 Å². The van der Waals surface area contributed by atoms with Gasteiger partial charge in [0.2, 0.25) is 0 Å². The molecule has 0 atom stereocenters. The molecule has 1 heterocycles. The Kier molecular flexibility index (Phi) is 4.44. The van der Waals surface area contributed by atoms with E-state index >= 15 is 0 Å². The van der Waals surface area contributed by atoms with Gasteiger partial charge in [-0.25, -0.2) is 9.97 Å². The van der Waals surface area contributed by atoms with Crippen molar-refractivity contribution in [2.24, 2.45) is 0 Å². The van der Waals surface area contributed by atoms with Gasteiger partial charge in [-0.05, 0) is 34.1 Å². The number of methoxy groups -OCH3 is 1. The Labute approximate surface area is 124 Å². The second kappa shape index (κ2) is 6.08. The molecule has 0 aliphatic heterocycles. The molecule has 0 unspecified atom stereocenters. The Hall–Kier alpha value is -1.53. The molecule has 0 fully saturated rings. The van der Waals surface area contributed by atoms with Crippen LogP contribution in [0.2, 0.25) is 5.02 Å². The van der Waals surface area contributed by atoms with E-state index in [4.69, 9.17) is 16.3 Å². The minimum absolute atomic E-state index is 0.613. The summed E-state index contributed by atoms with van der Waals surface area (Å²) in [5, 5.41) is 6.74. The summed E-state index contributed by atoms with van der Waals surface area (Å²) in [5.41, 5.74) is 0.733. The topological polar surface area (TPSA) is 59.1 Å². The third-order valence-corrected chi connectivity index (χ3v) is 3.43. The molecule has 0 radical (unpaired) electrons. The summed E-state index contributed by atoms with van der Waals surface area (Å²) in [5.74, 6) is 2.00. The normalized spacial score (nSPS) is 10.1. The molecule has 0 saturated heterocycles. The second-order valence-electron chi connectivity index (χ2n) is 3.60. The predicted octanol–water partition coefficient (Wildman–Crippen LogP) is 3.69. The molecule has 0 bridgehead atoms. The van der Waals surface area contributed by atoms with Gasteiger partial charge in [-0.1, -0.05) is 11.6 Å². The fourth-order valence-electron chi connectivity index (χ4n) is 1.54. The average Bonchev–Trinajstić information content (AvgIpc) is 2.41. The Morgan fingerprint density at radius 2 is 2.00 bits per heavy atom. The smallest absolute Gasteiger partial charge is 0.150 e. The maximum atomic E-state index is 5.99. The SMILES string of the molecule is CNc1ncnc(Nc2cc(Cl)ccc2OC)c1Br. The van der Waals surface area contributed by atoms with E-state index in [0.29, 0.717) is 22.4 Å². The highest BCUT2D eigenvalue weighted by molar-refractivity contribution is 9.10. The first-order chi connectivity index (χ1) is 9.15. The number of nitrogens with one attached hydrogen (secondary N) is 2. The van der Waals surface area contributed by atoms with Crippen LogP contribution in [0.25, 0.3) is 0 Å². The first kappa shape index (κ1) is 13.9. The minimum Gasteiger partial charge on any atom is -0.495 e. The molecule has 19 heavy (non-hydrogen) atoms. The van der Waals surface area contributed by atoms with Crippen LogP contribution in [0.3, 0.4) is 0 Å². The molecular formula is C12H12BrClN4O. The molecule has 1 aromatic heterocycles. The van der Waals surface area contributed by atoms with Gasteiger partial charge in [0.05, 0.1) is 12.8 Å². The van der Waals surface area contributed by atoms with E-state index in [1.165, 1.54) is 6.33 Å². The van der Waals surface area contributed by atoms with E-state index < -0.39 is 0 Å². The summed E-state index contributed by atoms with van der Waals surface area (Å²) in [7, 11) is 3.39. The fraction of sp³-hybridized carbons (Fsp3) is 0.167. The summed E-state index contributed by atoms with van der Waals surface area (Å²) in [6.07, 6.45) is 1.47. The van der Waals surface area contributed by atoms with Crippen molar-refractivity contribution in [1.82, 2.24) is 9.97 Å². The molecule has 2 aromatic rings. The second-order valence-corrected chi connectivity index (χ2v) is 4.83. The van der Waals surface area contributed by atoms with E-state index in [9.17, 15) is 0 Å². The van der Waals surface area contributed by atoms with Crippen molar-refractivity contribution >= 4 is 44.9 Å². The molecule has 0 spiro atoms. The number of hydrogen-bond acceptors (Lipinski definition) is 5. The zero-order valence-electron chi connectivity index (χ0n) is 10.4. The molecule has 1 aromatic carbocycles. The highest BCUT2D eigenvalue weighted by atomic mass is 79.9. The van der Waals surface area contributed by atoms with E-state index in [0.717, 1.165) is 10.2 Å². The molecule has 0 aliphatic carbocycles. The first-order valence-electron chi connectivity index (χ1n) is 5.44. The van der Waals surface area contributed by atoms with E-state index in [1.807, 2.05) is 0 Å². The molecule has 5 nitrogen and oxygen atoms in total. The van der Waals surface area contributed by atoms with Crippen LogP contribution in [0.5, 0.6) is 5.75 Å². The number of aromatic nitrogens is 2. The zero-order chi connectivity index (χ0) is 13.8. The van der Waals surface area contributed by atoms with Gasteiger partial charge in [-0.15, -0.1) is 0 Å². The molecule has 7 heteroatoms. The Balaban J connectivity index is 2.38. The van der Waals surface area contributed by atoms with Crippen LogP contribution in [0, 0.1) is 0 Å². The van der Waals surface area contributed by atoms with Crippen molar-refractivity contribution in [3.05, 3.63) is 34.0 Å². The number of benzene rings is 1. The van der Waals surface area contributed by atoms with Crippen LogP contribution in [-0.2, 0) is 0 Å². The Bertz CT molecular complexity index is 594. The van der Waals surface area contributed by atoms with Crippen LogP contribution >= 0.6 is 27.5 Å². The van der Waals surface area contributed by atoms with Crippen molar-refractivity contribution < 1.29 is 4.74 Å². The van der Waals surface area contributed by atoms with Gasteiger partial charge in [-0.3, -0.25) is 0 Å². The van der Waals surface area contributed by atoms with Crippen LogP contribution in [-0.4, -0.2) is 24.1 Å². The summed E-state index contributed by atoms with van der Waals surface area (Å²) < 4.78 is 6.01. The number of nitrogens with zero attached hydrogens (tertiary/aromatic N) is 2. The summed E-state index contributed by atoms with van der Waals surface area (Å²) in [6, 6.07) is 5.33. The Morgan fingerprint density at radius 3 is 2.68 bits per heavy atom. The average molecular weight is 344 g/mol. The quantitative estimate of drug-likeness (QED) is 0.886. The lowest BCUT2D eigenvalue weighted by molar-refractivity contribution is 0.417. The predicted molar refractivity (Wildman–Crippen MR) is 80.6 cm³/mol. The number of ether oxygens (including phenoxy) is 1. The van der Waals surface area contributed by atoms with Crippen molar-refractivity contribution in [2.45, 2.75) is 0 Å². The lowest BCUT2D eigenvalue weighted by Gasteiger charge is -2.13. The van der Waals surface area contributed by atoms with Crippen molar-refractivity contribution in [3.8, 4) is 5.75 Å². The number of halogens is 2. The van der Waals surface area contributed by atoms with E-state index in [2.05, 4.69) is 36.5 Å². The van der Waals surface area contributed by atoms with Gasteiger partial charge in [0, 0.05) is 12.1 Å². The van der Waals surface area contributed by atoms with Gasteiger partial charge >= 0.3 is 0 Å². The van der Waals surface area contributed by atoms with Gasteiger partial charge in [0.1, 0.15) is 28.2 Å². The highest BCUT2D eigenvalue weighted by Crippen LogP contribution is 2.33. The van der Waals surface area contributed by atoms with Gasteiger partial charge < -0.3 is 15.4 Å². The Morgan fingerprint density at radius 1 is 1.26 bits per heavy atom. The minimum atomic E-state index is 0.613. The van der Waals surface area contributed by atoms with E-state index in [1.54, 1.807) is 32.4 Å². The molecule has 0 saturated carbocycles. The van der Waals surface area contributed by atoms with Gasteiger partial charge in [0.15, 0.2) is 0 Å². The third-order valence-electron chi connectivity index (χ3n) is 2.44. The van der Waals surface area contributed by atoms with Crippen LogP contribution < -0.4 is 15.4 Å². The van der Waals surface area contributed by atoms with Crippen molar-refractivity contribution in [2.75, 3.05) is 24.8 Å². The molecule has 0 amide bonds.